The summed E-state index contributed by atoms with van der Waals surface area (Å²) in [7, 11) is 0. The van der Waals surface area contributed by atoms with E-state index in [9.17, 15) is 14.4 Å². The second-order valence-corrected chi connectivity index (χ2v) is 18.9. The highest BCUT2D eigenvalue weighted by molar-refractivity contribution is 5.71. The molecule has 0 fully saturated rings. The molecule has 0 heterocycles. The van der Waals surface area contributed by atoms with Crippen molar-refractivity contribution in [3.8, 4) is 0 Å². The highest BCUT2D eigenvalue weighted by Gasteiger charge is 2.19. The van der Waals surface area contributed by atoms with E-state index < -0.39 is 6.10 Å². The molecule has 0 aromatic carbocycles. The molecule has 0 saturated carbocycles. The first-order valence-electron chi connectivity index (χ1n) is 27.7. The van der Waals surface area contributed by atoms with E-state index in [0.29, 0.717) is 19.3 Å². The topological polar surface area (TPSA) is 78.9 Å². The van der Waals surface area contributed by atoms with Gasteiger partial charge in [-0.05, 0) is 44.9 Å². The summed E-state index contributed by atoms with van der Waals surface area (Å²) in [4.78, 5) is 37.8. The van der Waals surface area contributed by atoms with Gasteiger partial charge in [-0.25, -0.2) is 0 Å². The quantitative estimate of drug-likeness (QED) is 0.0262. The van der Waals surface area contributed by atoms with Crippen molar-refractivity contribution < 1.29 is 28.6 Å². The summed E-state index contributed by atoms with van der Waals surface area (Å²) in [6.45, 7) is 6.64. The SMILES string of the molecule is CCCCCCCCCC/C=C\CCCCCCCCCCCCCCCC(=O)OCC(COC(=O)CCCCCCCCCC)OC(=O)CCCCCCCCCCCCC. The second-order valence-electron chi connectivity index (χ2n) is 18.9. The van der Waals surface area contributed by atoms with E-state index in [2.05, 4.69) is 32.9 Å². The molecule has 0 rings (SSSR count). The maximum absolute atomic E-state index is 12.7. The maximum atomic E-state index is 12.7. The zero-order valence-corrected chi connectivity index (χ0v) is 41.9. The van der Waals surface area contributed by atoms with E-state index >= 15 is 0 Å². The van der Waals surface area contributed by atoms with Crippen LogP contribution < -0.4 is 0 Å². The van der Waals surface area contributed by atoms with Gasteiger partial charge in [-0.3, -0.25) is 14.4 Å². The van der Waals surface area contributed by atoms with Gasteiger partial charge >= 0.3 is 17.9 Å². The van der Waals surface area contributed by atoms with E-state index in [1.54, 1.807) is 0 Å². The van der Waals surface area contributed by atoms with Crippen LogP contribution in [0.25, 0.3) is 0 Å². The number of ether oxygens (including phenoxy) is 3. The minimum absolute atomic E-state index is 0.0648. The molecule has 0 spiro atoms. The molecule has 0 aliphatic carbocycles. The Balaban J connectivity index is 4.07. The number of rotatable bonds is 51. The van der Waals surface area contributed by atoms with Crippen molar-refractivity contribution in [2.45, 2.75) is 316 Å². The number of carbonyl (C=O) groups is 3. The Bertz CT molecular complexity index is 962. The number of hydrogen-bond donors (Lipinski definition) is 0. The zero-order valence-electron chi connectivity index (χ0n) is 41.9. The van der Waals surface area contributed by atoms with Gasteiger partial charge in [0.2, 0.25) is 0 Å². The molecule has 6 heteroatoms. The van der Waals surface area contributed by atoms with Gasteiger partial charge in [0.1, 0.15) is 13.2 Å². The van der Waals surface area contributed by atoms with Gasteiger partial charge in [-0.15, -0.1) is 0 Å². The third-order valence-corrected chi connectivity index (χ3v) is 12.5. The van der Waals surface area contributed by atoms with Crippen LogP contribution in [0.2, 0.25) is 0 Å². The molecule has 0 saturated heterocycles. The Morgan fingerprint density at radius 1 is 0.306 bits per heavy atom. The van der Waals surface area contributed by atoms with Crippen LogP contribution in [0, 0.1) is 0 Å². The molecule has 0 radical (unpaired) electrons. The predicted octanol–water partition coefficient (Wildman–Crippen LogP) is 18.2. The van der Waals surface area contributed by atoms with Crippen molar-refractivity contribution in [2.75, 3.05) is 13.2 Å². The van der Waals surface area contributed by atoms with Crippen molar-refractivity contribution in [2.24, 2.45) is 0 Å². The average molecular weight is 875 g/mol. The van der Waals surface area contributed by atoms with E-state index in [1.807, 2.05) is 0 Å². The van der Waals surface area contributed by atoms with Crippen LogP contribution in [0.5, 0.6) is 0 Å². The molecule has 0 aliphatic heterocycles. The Labute approximate surface area is 386 Å². The molecule has 6 nitrogen and oxygen atoms in total. The Hall–Kier alpha value is -1.85. The number of unbranched alkanes of at least 4 members (excludes halogenated alkanes) is 38. The predicted molar refractivity (Wildman–Crippen MR) is 266 cm³/mol. The van der Waals surface area contributed by atoms with Gasteiger partial charge in [-0.1, -0.05) is 258 Å². The van der Waals surface area contributed by atoms with Crippen LogP contribution in [0.3, 0.4) is 0 Å². The van der Waals surface area contributed by atoms with Crippen LogP contribution in [-0.4, -0.2) is 37.2 Å². The Morgan fingerprint density at radius 2 is 0.532 bits per heavy atom. The van der Waals surface area contributed by atoms with Crippen molar-refractivity contribution >= 4 is 17.9 Å². The van der Waals surface area contributed by atoms with Gasteiger partial charge in [0.15, 0.2) is 6.10 Å². The Kier molecular flexibility index (Phi) is 50.2. The first-order valence-corrected chi connectivity index (χ1v) is 27.7. The van der Waals surface area contributed by atoms with Gasteiger partial charge in [-0.2, -0.15) is 0 Å². The van der Waals surface area contributed by atoms with Crippen LogP contribution in [0.4, 0.5) is 0 Å². The smallest absolute Gasteiger partial charge is 0.306 e. The minimum Gasteiger partial charge on any atom is -0.462 e. The summed E-state index contributed by atoms with van der Waals surface area (Å²) in [5.41, 5.74) is 0. The lowest BCUT2D eigenvalue weighted by atomic mass is 10.0. The maximum Gasteiger partial charge on any atom is 0.306 e. The van der Waals surface area contributed by atoms with Crippen molar-refractivity contribution in [3.63, 3.8) is 0 Å². The van der Waals surface area contributed by atoms with Gasteiger partial charge in [0, 0.05) is 19.3 Å². The summed E-state index contributed by atoms with van der Waals surface area (Å²) in [5, 5.41) is 0. The molecule has 0 aromatic rings. The van der Waals surface area contributed by atoms with E-state index in [4.69, 9.17) is 14.2 Å². The molecule has 0 N–H and O–H groups in total. The summed E-state index contributed by atoms with van der Waals surface area (Å²) in [5.74, 6) is -0.853. The second kappa shape index (κ2) is 51.8. The Morgan fingerprint density at radius 3 is 0.806 bits per heavy atom. The van der Waals surface area contributed by atoms with Crippen molar-refractivity contribution in [1.82, 2.24) is 0 Å². The van der Waals surface area contributed by atoms with Gasteiger partial charge in [0.05, 0.1) is 0 Å². The first-order chi connectivity index (χ1) is 30.5. The van der Waals surface area contributed by atoms with Crippen LogP contribution in [0.15, 0.2) is 12.2 Å². The van der Waals surface area contributed by atoms with Gasteiger partial charge < -0.3 is 14.2 Å². The molecule has 0 aliphatic rings. The minimum atomic E-state index is -0.761. The number of hydrogen-bond acceptors (Lipinski definition) is 6. The fourth-order valence-electron chi connectivity index (χ4n) is 8.32. The lowest BCUT2D eigenvalue weighted by Gasteiger charge is -2.18. The normalized spacial score (nSPS) is 12.0. The summed E-state index contributed by atoms with van der Waals surface area (Å²) in [6.07, 6.45) is 58.0. The molecular formula is C56H106O6. The summed E-state index contributed by atoms with van der Waals surface area (Å²) < 4.78 is 16.8. The fourth-order valence-corrected chi connectivity index (χ4v) is 8.32. The number of allylic oxidation sites excluding steroid dienone is 2. The summed E-state index contributed by atoms with van der Waals surface area (Å²) >= 11 is 0. The lowest BCUT2D eigenvalue weighted by molar-refractivity contribution is -0.167. The third kappa shape index (κ3) is 49.2. The lowest BCUT2D eigenvalue weighted by Crippen LogP contribution is -2.30. The summed E-state index contributed by atoms with van der Waals surface area (Å²) in [6, 6.07) is 0. The molecule has 366 valence electrons. The van der Waals surface area contributed by atoms with E-state index in [0.717, 1.165) is 57.8 Å². The van der Waals surface area contributed by atoms with E-state index in [-0.39, 0.29) is 31.1 Å². The third-order valence-electron chi connectivity index (χ3n) is 12.5. The molecule has 0 aromatic heterocycles. The standard InChI is InChI=1S/C56H106O6/c1-4-7-10-13-16-19-21-22-23-24-25-26-27-28-29-30-31-32-33-34-36-37-40-43-46-49-55(58)61-52-53(51-60-54(57)48-45-42-39-18-15-12-9-6-3)62-56(59)50-47-44-41-38-35-20-17-14-11-8-5-2/h24-25,53H,4-23,26-52H2,1-3H3/b25-24-. The molecular weight excluding hydrogens is 769 g/mol. The molecule has 1 unspecified atom stereocenters. The zero-order chi connectivity index (χ0) is 45.1. The highest BCUT2D eigenvalue weighted by Crippen LogP contribution is 2.17. The molecule has 0 amide bonds. The van der Waals surface area contributed by atoms with Crippen LogP contribution in [0.1, 0.15) is 310 Å². The largest absolute Gasteiger partial charge is 0.462 e. The van der Waals surface area contributed by atoms with Crippen LogP contribution >= 0.6 is 0 Å². The van der Waals surface area contributed by atoms with Crippen molar-refractivity contribution in [3.05, 3.63) is 12.2 Å². The molecule has 0 bridgehead atoms. The van der Waals surface area contributed by atoms with Gasteiger partial charge in [0.25, 0.3) is 0 Å². The number of carbonyl (C=O) groups excluding carboxylic acids is 3. The average Bonchev–Trinajstić information content (AvgIpc) is 3.27. The first kappa shape index (κ1) is 60.2. The fraction of sp³-hybridized carbons (Fsp3) is 0.911. The van der Waals surface area contributed by atoms with E-state index in [1.165, 1.54) is 212 Å². The highest BCUT2D eigenvalue weighted by atomic mass is 16.6. The monoisotopic (exact) mass is 875 g/mol. The molecule has 62 heavy (non-hydrogen) atoms. The molecule has 1 atom stereocenters. The van der Waals surface area contributed by atoms with Crippen LogP contribution in [-0.2, 0) is 28.6 Å². The number of esters is 3. The van der Waals surface area contributed by atoms with Crippen molar-refractivity contribution in [1.29, 1.82) is 0 Å².